The summed E-state index contributed by atoms with van der Waals surface area (Å²) in [4.78, 5) is 27.0. The number of anilines is 1. The Balaban J connectivity index is 1.82. The minimum Gasteiger partial charge on any atom is -0.393 e. The maximum Gasteiger partial charge on any atom is 0.241 e. The van der Waals surface area contributed by atoms with E-state index in [0.29, 0.717) is 5.69 Å². The summed E-state index contributed by atoms with van der Waals surface area (Å²) in [6.07, 6.45) is 3.53. The van der Waals surface area contributed by atoms with E-state index in [0.717, 1.165) is 3.57 Å². The molecule has 0 aliphatic carbocycles. The molecule has 22 heavy (non-hydrogen) atoms. The number of hydrogen-bond acceptors (Lipinski definition) is 4. The van der Waals surface area contributed by atoms with Crippen LogP contribution < -0.4 is 4.90 Å². The number of hydrogen-bond donors (Lipinski definition) is 1. The lowest BCUT2D eigenvalue weighted by atomic mass is 9.73. The third-order valence-electron chi connectivity index (χ3n) is 4.87. The highest BCUT2D eigenvalue weighted by molar-refractivity contribution is 14.1. The van der Waals surface area contributed by atoms with Crippen molar-refractivity contribution in [1.29, 1.82) is 0 Å². The van der Waals surface area contributed by atoms with Gasteiger partial charge in [0.15, 0.2) is 0 Å². The Morgan fingerprint density at radius 1 is 1.27 bits per heavy atom. The molecule has 4 rings (SSSR count). The smallest absolute Gasteiger partial charge is 0.241 e. The highest BCUT2D eigenvalue weighted by atomic mass is 127. The van der Waals surface area contributed by atoms with Crippen molar-refractivity contribution in [2.75, 3.05) is 11.5 Å². The van der Waals surface area contributed by atoms with Gasteiger partial charge in [-0.15, -0.1) is 0 Å². The molecular weight excluding hydrogens is 397 g/mol. The Hall–Kier alpha value is -1.25. The summed E-state index contributed by atoms with van der Waals surface area (Å²) >= 11 is 2.15. The predicted octanol–water partition coefficient (Wildman–Crippen LogP) is 1.49. The van der Waals surface area contributed by atoms with Crippen LogP contribution in [0.15, 0.2) is 36.4 Å². The SMILES string of the molecule is C[C@@]12C=C[C@@](CO)(O1)[C@@H]1C(=O)N(c3cccc(I)c3)C(=O)[C@@H]12. The zero-order chi connectivity index (χ0) is 15.7. The molecule has 0 spiro atoms. The van der Waals surface area contributed by atoms with Crippen molar-refractivity contribution in [2.45, 2.75) is 18.1 Å². The molecule has 2 fully saturated rings. The molecule has 0 saturated carbocycles. The zero-order valence-corrected chi connectivity index (χ0v) is 14.0. The van der Waals surface area contributed by atoms with Gasteiger partial charge in [-0.1, -0.05) is 18.2 Å². The number of carbonyl (C=O) groups excluding carboxylic acids is 2. The Kier molecular flexibility index (Phi) is 2.87. The van der Waals surface area contributed by atoms with E-state index < -0.39 is 23.0 Å². The monoisotopic (exact) mass is 411 g/mol. The number of fused-ring (bicyclic) bond motifs is 5. The number of aliphatic hydroxyl groups is 1. The van der Waals surface area contributed by atoms with Crippen LogP contribution in [0.4, 0.5) is 5.69 Å². The number of amides is 2. The Morgan fingerprint density at radius 3 is 2.68 bits per heavy atom. The highest BCUT2D eigenvalue weighted by Crippen LogP contribution is 2.57. The molecule has 3 aliphatic rings. The molecule has 6 heteroatoms. The average molecular weight is 411 g/mol. The quantitative estimate of drug-likeness (QED) is 0.455. The van der Waals surface area contributed by atoms with E-state index in [1.54, 1.807) is 25.1 Å². The first-order valence-electron chi connectivity index (χ1n) is 7.07. The van der Waals surface area contributed by atoms with Crippen molar-refractivity contribution < 1.29 is 19.4 Å². The predicted molar refractivity (Wildman–Crippen MR) is 87.1 cm³/mol. The highest BCUT2D eigenvalue weighted by Gasteiger charge is 2.72. The number of benzene rings is 1. The summed E-state index contributed by atoms with van der Waals surface area (Å²) in [6.45, 7) is 1.49. The number of halogens is 1. The van der Waals surface area contributed by atoms with E-state index in [-0.39, 0.29) is 18.4 Å². The molecule has 0 radical (unpaired) electrons. The molecule has 2 amide bonds. The van der Waals surface area contributed by atoms with Crippen molar-refractivity contribution >= 4 is 40.1 Å². The minimum atomic E-state index is -1.07. The fraction of sp³-hybridized carbons (Fsp3) is 0.375. The summed E-state index contributed by atoms with van der Waals surface area (Å²) in [6, 6.07) is 7.28. The molecule has 2 saturated heterocycles. The summed E-state index contributed by atoms with van der Waals surface area (Å²) < 4.78 is 6.83. The van der Waals surface area contributed by atoms with Crippen LogP contribution in [0.1, 0.15) is 6.92 Å². The summed E-state index contributed by atoms with van der Waals surface area (Å²) in [5.41, 5.74) is -1.31. The second kappa shape index (κ2) is 4.39. The van der Waals surface area contributed by atoms with E-state index in [4.69, 9.17) is 4.74 Å². The first-order chi connectivity index (χ1) is 10.4. The molecule has 0 aromatic heterocycles. The normalized spacial score (nSPS) is 39.0. The van der Waals surface area contributed by atoms with Gasteiger partial charge in [-0.3, -0.25) is 9.59 Å². The van der Waals surface area contributed by atoms with E-state index in [2.05, 4.69) is 22.6 Å². The van der Waals surface area contributed by atoms with Crippen molar-refractivity contribution in [3.63, 3.8) is 0 Å². The van der Waals surface area contributed by atoms with Crippen molar-refractivity contribution in [2.24, 2.45) is 11.8 Å². The lowest BCUT2D eigenvalue weighted by Crippen LogP contribution is -2.43. The molecule has 1 aromatic carbocycles. The fourth-order valence-electron chi connectivity index (χ4n) is 3.91. The number of ether oxygens (including phenoxy) is 1. The van der Waals surface area contributed by atoms with Crippen molar-refractivity contribution in [1.82, 2.24) is 0 Å². The van der Waals surface area contributed by atoms with Gasteiger partial charge in [0.05, 0.1) is 29.7 Å². The van der Waals surface area contributed by atoms with E-state index >= 15 is 0 Å². The van der Waals surface area contributed by atoms with Gasteiger partial charge < -0.3 is 9.84 Å². The second-order valence-electron chi connectivity index (χ2n) is 6.18. The number of rotatable bonds is 2. The van der Waals surface area contributed by atoms with Crippen LogP contribution in [0, 0.1) is 15.4 Å². The van der Waals surface area contributed by atoms with Gasteiger partial charge in [0.25, 0.3) is 0 Å². The second-order valence-corrected chi connectivity index (χ2v) is 7.43. The third-order valence-corrected chi connectivity index (χ3v) is 5.54. The summed E-state index contributed by atoms with van der Waals surface area (Å²) in [5.74, 6) is -1.77. The van der Waals surface area contributed by atoms with E-state index in [1.165, 1.54) is 4.90 Å². The van der Waals surface area contributed by atoms with Gasteiger partial charge in [-0.2, -0.15) is 0 Å². The Bertz CT molecular complexity index is 733. The molecule has 0 unspecified atom stereocenters. The summed E-state index contributed by atoms with van der Waals surface area (Å²) in [5, 5.41) is 9.75. The van der Waals surface area contributed by atoms with E-state index in [1.807, 2.05) is 18.2 Å². The molecule has 3 aliphatic heterocycles. The van der Waals surface area contributed by atoms with Gasteiger partial charge in [-0.25, -0.2) is 4.90 Å². The number of aliphatic hydroxyl groups excluding tert-OH is 1. The van der Waals surface area contributed by atoms with Crippen molar-refractivity contribution in [3.8, 4) is 0 Å². The molecule has 1 N–H and O–H groups in total. The molecule has 5 nitrogen and oxygen atoms in total. The minimum absolute atomic E-state index is 0.251. The Morgan fingerprint density at radius 2 is 2.00 bits per heavy atom. The Labute approximate surface area is 141 Å². The van der Waals surface area contributed by atoms with Gasteiger partial charge >= 0.3 is 0 Å². The first kappa shape index (κ1) is 14.3. The van der Waals surface area contributed by atoms with Gasteiger partial charge in [0, 0.05) is 3.57 Å². The van der Waals surface area contributed by atoms with Crippen LogP contribution in [-0.2, 0) is 14.3 Å². The van der Waals surface area contributed by atoms with Crippen LogP contribution in [-0.4, -0.2) is 34.7 Å². The maximum atomic E-state index is 12.9. The lowest BCUT2D eigenvalue weighted by molar-refractivity contribution is -0.131. The largest absolute Gasteiger partial charge is 0.393 e. The lowest BCUT2D eigenvalue weighted by Gasteiger charge is -2.27. The van der Waals surface area contributed by atoms with Crippen LogP contribution >= 0.6 is 22.6 Å². The molecule has 2 bridgehead atoms. The molecule has 4 atom stereocenters. The van der Waals surface area contributed by atoms with E-state index in [9.17, 15) is 14.7 Å². The number of carbonyl (C=O) groups is 2. The average Bonchev–Trinajstić information content (AvgIpc) is 3.05. The first-order valence-corrected chi connectivity index (χ1v) is 8.14. The number of imide groups is 1. The molecule has 3 heterocycles. The maximum absolute atomic E-state index is 12.9. The molecule has 1 aromatic rings. The van der Waals surface area contributed by atoms with Gasteiger partial charge in [0.1, 0.15) is 5.60 Å². The third kappa shape index (κ3) is 1.60. The van der Waals surface area contributed by atoms with Crippen LogP contribution in [0.5, 0.6) is 0 Å². The van der Waals surface area contributed by atoms with Crippen LogP contribution in [0.3, 0.4) is 0 Å². The van der Waals surface area contributed by atoms with Crippen molar-refractivity contribution in [3.05, 3.63) is 40.0 Å². The van der Waals surface area contributed by atoms with Crippen LogP contribution in [0.25, 0.3) is 0 Å². The fourth-order valence-corrected chi connectivity index (χ4v) is 4.44. The van der Waals surface area contributed by atoms with Gasteiger partial charge in [-0.05, 0) is 47.7 Å². The number of nitrogens with zero attached hydrogens (tertiary/aromatic N) is 1. The summed E-state index contributed by atoms with van der Waals surface area (Å²) in [7, 11) is 0. The van der Waals surface area contributed by atoms with Gasteiger partial charge in [0.2, 0.25) is 11.8 Å². The molecule has 114 valence electrons. The standard InChI is InChI=1S/C16H14INO4/c1-15-5-6-16(8-19,22-15)12-11(15)13(20)18(14(12)21)10-4-2-3-9(17)7-10/h2-7,11-12,19H,8H2,1H3/t11-,12+,15+,16+/m1/s1. The van der Waals surface area contributed by atoms with Crippen LogP contribution in [0.2, 0.25) is 0 Å². The zero-order valence-electron chi connectivity index (χ0n) is 11.8. The molecular formula is C16H14INO4. The topological polar surface area (TPSA) is 66.8 Å².